The molecule has 20 heavy (non-hydrogen) atoms. The largest absolute Gasteiger partial charge is 0.497 e. The number of ether oxygens (including phenoxy) is 1. The molecule has 0 saturated carbocycles. The fourth-order valence-corrected chi connectivity index (χ4v) is 2.47. The number of rotatable bonds is 6. The summed E-state index contributed by atoms with van der Waals surface area (Å²) in [6.07, 6.45) is 2.35. The quantitative estimate of drug-likeness (QED) is 0.804. The SMILES string of the molecule is COc1ccc2c(c1)C(C#N)N(CCCCCO)C2=O. The highest BCUT2D eigenvalue weighted by atomic mass is 16.5. The number of aliphatic hydroxyl groups excluding tert-OH is 1. The van der Waals surface area contributed by atoms with E-state index >= 15 is 0 Å². The standard InChI is InChI=1S/C15H18N2O3/c1-20-11-5-6-12-13(9-11)14(10-16)17(15(12)19)7-3-2-4-8-18/h5-6,9,14,18H,2-4,7-8H2,1H3. The summed E-state index contributed by atoms with van der Waals surface area (Å²) in [4.78, 5) is 13.9. The molecule has 5 nitrogen and oxygen atoms in total. The maximum absolute atomic E-state index is 12.3. The number of hydrogen-bond acceptors (Lipinski definition) is 4. The van der Waals surface area contributed by atoms with E-state index in [-0.39, 0.29) is 12.5 Å². The smallest absolute Gasteiger partial charge is 0.255 e. The third-order valence-corrected chi connectivity index (χ3v) is 3.54. The molecular weight excluding hydrogens is 256 g/mol. The molecule has 1 heterocycles. The number of carbonyl (C=O) groups excluding carboxylic acids is 1. The number of amides is 1. The first-order valence-corrected chi connectivity index (χ1v) is 6.72. The Bertz CT molecular complexity index is 536. The van der Waals surface area contributed by atoms with E-state index in [2.05, 4.69) is 6.07 Å². The molecule has 1 unspecified atom stereocenters. The summed E-state index contributed by atoms with van der Waals surface area (Å²) in [6.45, 7) is 0.696. The lowest BCUT2D eigenvalue weighted by molar-refractivity contribution is 0.0754. The Labute approximate surface area is 118 Å². The van der Waals surface area contributed by atoms with Crippen LogP contribution in [0.15, 0.2) is 18.2 Å². The minimum atomic E-state index is -0.540. The lowest BCUT2D eigenvalue weighted by atomic mass is 10.1. The summed E-state index contributed by atoms with van der Waals surface area (Å²) in [5, 5.41) is 18.1. The van der Waals surface area contributed by atoms with Crippen LogP contribution in [0, 0.1) is 11.3 Å². The van der Waals surface area contributed by atoms with Crippen molar-refractivity contribution in [1.29, 1.82) is 5.26 Å². The van der Waals surface area contributed by atoms with Gasteiger partial charge in [0.05, 0.1) is 13.2 Å². The number of carbonyl (C=O) groups is 1. The van der Waals surface area contributed by atoms with Gasteiger partial charge in [-0.3, -0.25) is 4.79 Å². The van der Waals surface area contributed by atoms with E-state index in [1.54, 1.807) is 30.2 Å². The van der Waals surface area contributed by atoms with E-state index in [1.807, 2.05) is 0 Å². The van der Waals surface area contributed by atoms with Crippen molar-refractivity contribution in [3.8, 4) is 11.8 Å². The summed E-state index contributed by atoms with van der Waals surface area (Å²) in [6, 6.07) is 6.87. The van der Waals surface area contributed by atoms with E-state index in [4.69, 9.17) is 9.84 Å². The molecule has 1 aliphatic rings. The topological polar surface area (TPSA) is 73.6 Å². The monoisotopic (exact) mass is 274 g/mol. The first-order valence-electron chi connectivity index (χ1n) is 6.72. The van der Waals surface area contributed by atoms with Gasteiger partial charge in [0, 0.05) is 24.3 Å². The molecule has 0 saturated heterocycles. The summed E-state index contributed by atoms with van der Waals surface area (Å²) < 4.78 is 5.15. The van der Waals surface area contributed by atoms with E-state index < -0.39 is 6.04 Å². The van der Waals surface area contributed by atoms with Crippen molar-refractivity contribution in [3.63, 3.8) is 0 Å². The van der Waals surface area contributed by atoms with Crippen LogP contribution < -0.4 is 4.74 Å². The number of nitrogens with zero attached hydrogens (tertiary/aromatic N) is 2. The molecule has 0 aliphatic carbocycles. The number of nitriles is 1. The minimum Gasteiger partial charge on any atom is -0.497 e. The lowest BCUT2D eigenvalue weighted by Crippen LogP contribution is -2.28. The Morgan fingerprint density at radius 2 is 2.20 bits per heavy atom. The van der Waals surface area contributed by atoms with Gasteiger partial charge in [0.25, 0.3) is 5.91 Å². The van der Waals surface area contributed by atoms with Gasteiger partial charge in [-0.1, -0.05) is 0 Å². The number of benzene rings is 1. The zero-order chi connectivity index (χ0) is 14.5. The number of aliphatic hydroxyl groups is 1. The number of unbranched alkanes of at least 4 members (excludes halogenated alkanes) is 2. The molecule has 1 aromatic rings. The van der Waals surface area contributed by atoms with Crippen LogP contribution in [0.4, 0.5) is 0 Å². The van der Waals surface area contributed by atoms with Crippen LogP contribution in [0.2, 0.25) is 0 Å². The van der Waals surface area contributed by atoms with Crippen LogP contribution in [0.1, 0.15) is 41.2 Å². The highest BCUT2D eigenvalue weighted by Gasteiger charge is 2.36. The maximum atomic E-state index is 12.3. The van der Waals surface area contributed by atoms with Crippen LogP contribution in [-0.4, -0.2) is 36.2 Å². The normalized spacial score (nSPS) is 16.9. The molecule has 1 amide bonds. The van der Waals surface area contributed by atoms with Crippen molar-refractivity contribution in [2.45, 2.75) is 25.3 Å². The fourth-order valence-electron chi connectivity index (χ4n) is 2.47. The zero-order valence-electron chi connectivity index (χ0n) is 11.5. The Hall–Kier alpha value is -2.06. The van der Waals surface area contributed by atoms with Gasteiger partial charge in [0.2, 0.25) is 0 Å². The second-order valence-electron chi connectivity index (χ2n) is 4.77. The number of fused-ring (bicyclic) bond motifs is 1. The summed E-state index contributed by atoms with van der Waals surface area (Å²) in [7, 11) is 1.56. The fraction of sp³-hybridized carbons (Fsp3) is 0.467. The van der Waals surface area contributed by atoms with Crippen molar-refractivity contribution in [2.24, 2.45) is 0 Å². The van der Waals surface area contributed by atoms with E-state index in [0.29, 0.717) is 17.9 Å². The second-order valence-corrected chi connectivity index (χ2v) is 4.77. The van der Waals surface area contributed by atoms with Gasteiger partial charge in [-0.25, -0.2) is 0 Å². The van der Waals surface area contributed by atoms with Crippen LogP contribution in [0.3, 0.4) is 0 Å². The molecular formula is C15H18N2O3. The van der Waals surface area contributed by atoms with E-state index in [0.717, 1.165) is 24.8 Å². The van der Waals surface area contributed by atoms with Crippen LogP contribution in [0.25, 0.3) is 0 Å². The number of methoxy groups -OCH3 is 1. The molecule has 1 aliphatic heterocycles. The molecule has 1 atom stereocenters. The Morgan fingerprint density at radius 3 is 2.85 bits per heavy atom. The zero-order valence-corrected chi connectivity index (χ0v) is 11.5. The third kappa shape index (κ3) is 2.61. The molecule has 0 bridgehead atoms. The van der Waals surface area contributed by atoms with Gasteiger partial charge in [-0.2, -0.15) is 5.26 Å². The first-order chi connectivity index (χ1) is 9.72. The van der Waals surface area contributed by atoms with Crippen molar-refractivity contribution in [2.75, 3.05) is 20.3 Å². The van der Waals surface area contributed by atoms with Crippen LogP contribution in [0.5, 0.6) is 5.75 Å². The molecule has 1 N–H and O–H groups in total. The molecule has 0 fully saturated rings. The average Bonchev–Trinajstić information content (AvgIpc) is 2.75. The van der Waals surface area contributed by atoms with Crippen molar-refractivity contribution >= 4 is 5.91 Å². The van der Waals surface area contributed by atoms with E-state index in [1.165, 1.54) is 0 Å². The van der Waals surface area contributed by atoms with Gasteiger partial charge < -0.3 is 14.7 Å². The van der Waals surface area contributed by atoms with Crippen LogP contribution >= 0.6 is 0 Å². The Morgan fingerprint density at radius 1 is 1.40 bits per heavy atom. The molecule has 0 aromatic heterocycles. The van der Waals surface area contributed by atoms with Crippen LogP contribution in [-0.2, 0) is 0 Å². The Kier molecular flexibility index (Phi) is 4.59. The third-order valence-electron chi connectivity index (χ3n) is 3.54. The first kappa shape index (κ1) is 14.4. The van der Waals surface area contributed by atoms with E-state index in [9.17, 15) is 10.1 Å². The van der Waals surface area contributed by atoms with Crippen molar-refractivity contribution in [1.82, 2.24) is 4.90 Å². The molecule has 2 rings (SSSR count). The molecule has 0 radical (unpaired) electrons. The predicted molar refractivity (Wildman–Crippen MR) is 73.3 cm³/mol. The van der Waals surface area contributed by atoms with Gasteiger partial charge in [-0.05, 0) is 37.5 Å². The average molecular weight is 274 g/mol. The highest BCUT2D eigenvalue weighted by Crippen LogP contribution is 2.35. The van der Waals surface area contributed by atoms with Gasteiger partial charge in [0.1, 0.15) is 11.8 Å². The predicted octanol–water partition coefficient (Wildman–Crippen LogP) is 1.88. The Balaban J connectivity index is 2.17. The summed E-state index contributed by atoms with van der Waals surface area (Å²) in [5.74, 6) is 0.553. The molecule has 1 aromatic carbocycles. The van der Waals surface area contributed by atoms with Crippen molar-refractivity contribution < 1.29 is 14.6 Å². The summed E-state index contributed by atoms with van der Waals surface area (Å²) in [5.41, 5.74) is 1.30. The molecule has 106 valence electrons. The number of hydrogen-bond donors (Lipinski definition) is 1. The van der Waals surface area contributed by atoms with Gasteiger partial charge in [-0.15, -0.1) is 0 Å². The van der Waals surface area contributed by atoms with Gasteiger partial charge in [0.15, 0.2) is 0 Å². The maximum Gasteiger partial charge on any atom is 0.255 e. The second kappa shape index (κ2) is 6.40. The lowest BCUT2D eigenvalue weighted by Gasteiger charge is -2.19. The summed E-state index contributed by atoms with van der Waals surface area (Å²) >= 11 is 0. The van der Waals surface area contributed by atoms with Gasteiger partial charge >= 0.3 is 0 Å². The molecule has 0 spiro atoms. The minimum absolute atomic E-state index is 0.0989. The molecule has 5 heteroatoms. The van der Waals surface area contributed by atoms with Crippen molar-refractivity contribution in [3.05, 3.63) is 29.3 Å². The highest BCUT2D eigenvalue weighted by molar-refractivity contribution is 5.99.